The molecule has 0 bridgehead atoms. The van der Waals surface area contributed by atoms with Gasteiger partial charge in [0, 0.05) is 18.5 Å². The number of hydrogen-bond donors (Lipinski definition) is 1. The van der Waals surface area contributed by atoms with Crippen molar-refractivity contribution < 1.29 is 14.3 Å². The molecule has 4 heteroatoms. The van der Waals surface area contributed by atoms with E-state index >= 15 is 0 Å². The fourth-order valence-corrected chi connectivity index (χ4v) is 2.45. The molecule has 0 unspecified atom stereocenters. The van der Waals surface area contributed by atoms with Crippen LogP contribution in [-0.2, 0) is 9.47 Å². The van der Waals surface area contributed by atoms with Crippen molar-refractivity contribution in [3.05, 3.63) is 60.2 Å². The molecular formula is C18H19NO3. The summed E-state index contributed by atoms with van der Waals surface area (Å²) < 4.78 is 10.7. The monoisotopic (exact) mass is 297 g/mol. The molecular weight excluding hydrogens is 278 g/mol. The Hall–Kier alpha value is -2.17. The van der Waals surface area contributed by atoms with Crippen LogP contribution in [0.2, 0.25) is 0 Å². The Balaban J connectivity index is 1.60. The maximum absolute atomic E-state index is 12.2. The molecule has 0 spiro atoms. The predicted molar refractivity (Wildman–Crippen MR) is 84.5 cm³/mol. The van der Waals surface area contributed by atoms with Crippen LogP contribution in [0.4, 0.5) is 0 Å². The summed E-state index contributed by atoms with van der Waals surface area (Å²) in [6, 6.07) is 17.7. The van der Waals surface area contributed by atoms with Crippen molar-refractivity contribution in [1.29, 1.82) is 0 Å². The Morgan fingerprint density at radius 2 is 1.73 bits per heavy atom. The third-order valence-corrected chi connectivity index (χ3v) is 3.59. The highest BCUT2D eigenvalue weighted by Gasteiger charge is 2.15. The Morgan fingerprint density at radius 1 is 1.00 bits per heavy atom. The molecule has 1 aliphatic heterocycles. The molecule has 1 fully saturated rings. The van der Waals surface area contributed by atoms with E-state index in [2.05, 4.69) is 5.32 Å². The van der Waals surface area contributed by atoms with E-state index in [4.69, 9.17) is 9.47 Å². The summed E-state index contributed by atoms with van der Waals surface area (Å²) >= 11 is 0. The van der Waals surface area contributed by atoms with Gasteiger partial charge < -0.3 is 14.8 Å². The lowest BCUT2D eigenvalue weighted by atomic mass is 10.0. The van der Waals surface area contributed by atoms with Gasteiger partial charge in [-0.25, -0.2) is 0 Å². The minimum absolute atomic E-state index is 0.0734. The zero-order valence-electron chi connectivity index (χ0n) is 12.3. The van der Waals surface area contributed by atoms with Crippen LogP contribution in [0, 0.1) is 0 Å². The zero-order valence-corrected chi connectivity index (χ0v) is 12.3. The molecule has 0 aliphatic carbocycles. The highest BCUT2D eigenvalue weighted by atomic mass is 16.7. The first kappa shape index (κ1) is 14.8. The van der Waals surface area contributed by atoms with Gasteiger partial charge in [-0.3, -0.25) is 4.79 Å². The number of rotatable bonds is 5. The number of ether oxygens (including phenoxy) is 2. The van der Waals surface area contributed by atoms with Gasteiger partial charge in [0.1, 0.15) is 0 Å². The Bertz CT molecular complexity index is 621. The third kappa shape index (κ3) is 3.72. The van der Waals surface area contributed by atoms with Gasteiger partial charge >= 0.3 is 0 Å². The van der Waals surface area contributed by atoms with Crippen LogP contribution < -0.4 is 5.32 Å². The van der Waals surface area contributed by atoms with Crippen molar-refractivity contribution in [3.63, 3.8) is 0 Å². The molecule has 22 heavy (non-hydrogen) atoms. The highest BCUT2D eigenvalue weighted by molar-refractivity contribution is 5.95. The molecule has 0 saturated carbocycles. The molecule has 4 nitrogen and oxygen atoms in total. The molecule has 0 aromatic heterocycles. The quantitative estimate of drug-likeness (QED) is 0.923. The van der Waals surface area contributed by atoms with E-state index in [1.807, 2.05) is 54.6 Å². The second kappa shape index (κ2) is 7.20. The van der Waals surface area contributed by atoms with E-state index in [1.165, 1.54) is 0 Å². The van der Waals surface area contributed by atoms with Crippen molar-refractivity contribution >= 4 is 5.91 Å². The molecule has 0 atom stereocenters. The van der Waals surface area contributed by atoms with E-state index in [9.17, 15) is 4.79 Å². The van der Waals surface area contributed by atoms with E-state index in [1.54, 1.807) is 0 Å². The van der Waals surface area contributed by atoms with Crippen LogP contribution in [0.1, 0.15) is 16.8 Å². The van der Waals surface area contributed by atoms with Gasteiger partial charge in [0.2, 0.25) is 0 Å². The first-order valence-electron chi connectivity index (χ1n) is 7.50. The maximum Gasteiger partial charge on any atom is 0.251 e. The Kier molecular flexibility index (Phi) is 4.83. The van der Waals surface area contributed by atoms with Crippen LogP contribution in [0.5, 0.6) is 0 Å². The topological polar surface area (TPSA) is 47.6 Å². The molecule has 1 aliphatic rings. The molecule has 1 saturated heterocycles. The SMILES string of the molecule is O=C(NCCC1OCCO1)c1cccc(-c2ccccc2)c1. The Morgan fingerprint density at radius 3 is 2.50 bits per heavy atom. The molecule has 1 N–H and O–H groups in total. The fraction of sp³-hybridized carbons (Fsp3) is 0.278. The van der Waals surface area contributed by atoms with Crippen LogP contribution in [0.15, 0.2) is 54.6 Å². The summed E-state index contributed by atoms with van der Waals surface area (Å²) in [6.45, 7) is 1.81. The van der Waals surface area contributed by atoms with Gasteiger partial charge in [0.15, 0.2) is 6.29 Å². The normalized spacial score (nSPS) is 14.9. The minimum atomic E-state index is -0.184. The van der Waals surface area contributed by atoms with E-state index < -0.39 is 0 Å². The van der Waals surface area contributed by atoms with Crippen molar-refractivity contribution in [2.24, 2.45) is 0 Å². The largest absolute Gasteiger partial charge is 0.352 e. The molecule has 1 heterocycles. The molecule has 2 aromatic rings. The third-order valence-electron chi connectivity index (χ3n) is 3.59. The van der Waals surface area contributed by atoms with Crippen molar-refractivity contribution in [1.82, 2.24) is 5.32 Å². The second-order valence-corrected chi connectivity index (χ2v) is 5.16. The second-order valence-electron chi connectivity index (χ2n) is 5.16. The number of carbonyl (C=O) groups excluding carboxylic acids is 1. The van der Waals surface area contributed by atoms with Crippen molar-refractivity contribution in [3.8, 4) is 11.1 Å². The minimum Gasteiger partial charge on any atom is -0.352 e. The number of benzene rings is 2. The number of carbonyl (C=O) groups is 1. The first-order valence-corrected chi connectivity index (χ1v) is 7.50. The van der Waals surface area contributed by atoms with E-state index in [-0.39, 0.29) is 12.2 Å². The van der Waals surface area contributed by atoms with Gasteiger partial charge in [-0.1, -0.05) is 42.5 Å². The molecule has 114 valence electrons. The molecule has 0 radical (unpaired) electrons. The van der Waals surface area contributed by atoms with Gasteiger partial charge in [0.05, 0.1) is 13.2 Å². The average Bonchev–Trinajstić information content (AvgIpc) is 3.09. The average molecular weight is 297 g/mol. The lowest BCUT2D eigenvalue weighted by molar-refractivity contribution is -0.0455. The van der Waals surface area contributed by atoms with Crippen LogP contribution in [0.3, 0.4) is 0 Å². The molecule has 2 aromatic carbocycles. The lowest BCUT2D eigenvalue weighted by Gasteiger charge is -2.10. The van der Waals surface area contributed by atoms with E-state index in [0.29, 0.717) is 31.7 Å². The smallest absolute Gasteiger partial charge is 0.251 e. The summed E-state index contributed by atoms with van der Waals surface area (Å²) in [4.78, 5) is 12.2. The van der Waals surface area contributed by atoms with Crippen LogP contribution in [0.25, 0.3) is 11.1 Å². The van der Waals surface area contributed by atoms with Crippen molar-refractivity contribution in [2.45, 2.75) is 12.7 Å². The summed E-state index contributed by atoms with van der Waals surface area (Å²) in [5, 5.41) is 2.91. The number of amides is 1. The van der Waals surface area contributed by atoms with Crippen LogP contribution in [-0.4, -0.2) is 32.0 Å². The lowest BCUT2D eigenvalue weighted by Crippen LogP contribution is -2.27. The Labute approximate surface area is 130 Å². The number of hydrogen-bond acceptors (Lipinski definition) is 3. The summed E-state index contributed by atoms with van der Waals surface area (Å²) in [5.74, 6) is -0.0734. The van der Waals surface area contributed by atoms with Crippen molar-refractivity contribution in [2.75, 3.05) is 19.8 Å². The van der Waals surface area contributed by atoms with Gasteiger partial charge in [-0.2, -0.15) is 0 Å². The van der Waals surface area contributed by atoms with E-state index in [0.717, 1.165) is 11.1 Å². The van der Waals surface area contributed by atoms with Gasteiger partial charge in [-0.15, -0.1) is 0 Å². The summed E-state index contributed by atoms with van der Waals surface area (Å²) in [6.07, 6.45) is 0.486. The highest BCUT2D eigenvalue weighted by Crippen LogP contribution is 2.20. The summed E-state index contributed by atoms with van der Waals surface area (Å²) in [5.41, 5.74) is 2.80. The van der Waals surface area contributed by atoms with Gasteiger partial charge in [-0.05, 0) is 23.3 Å². The summed E-state index contributed by atoms with van der Waals surface area (Å²) in [7, 11) is 0. The first-order chi connectivity index (χ1) is 10.8. The molecule has 1 amide bonds. The fourth-order valence-electron chi connectivity index (χ4n) is 2.45. The molecule has 3 rings (SSSR count). The predicted octanol–water partition coefficient (Wildman–Crippen LogP) is 2.85. The standard InChI is InChI=1S/C18H19NO3/c20-18(19-10-9-17-21-11-12-22-17)16-8-4-7-15(13-16)14-5-2-1-3-6-14/h1-8,13,17H,9-12H2,(H,19,20). The zero-order chi connectivity index (χ0) is 15.2. The van der Waals surface area contributed by atoms with Crippen LogP contribution >= 0.6 is 0 Å². The van der Waals surface area contributed by atoms with Gasteiger partial charge in [0.25, 0.3) is 5.91 Å². The number of nitrogens with one attached hydrogen (secondary N) is 1. The maximum atomic E-state index is 12.2.